The van der Waals surface area contributed by atoms with E-state index in [2.05, 4.69) is 4.90 Å². The molecule has 4 nitrogen and oxygen atoms in total. The van der Waals surface area contributed by atoms with Crippen molar-refractivity contribution in [3.8, 4) is 0 Å². The van der Waals surface area contributed by atoms with Crippen LogP contribution in [0, 0.1) is 0 Å². The van der Waals surface area contributed by atoms with E-state index in [0.717, 1.165) is 5.69 Å². The number of piperazine rings is 1. The number of carbonyl (C=O) groups excluding carboxylic acids is 1. The third-order valence-corrected chi connectivity index (χ3v) is 4.11. The number of rotatable bonds is 4. The lowest BCUT2D eigenvalue weighted by Gasteiger charge is -2.38. The lowest BCUT2D eigenvalue weighted by molar-refractivity contribution is -0.141. The van der Waals surface area contributed by atoms with Gasteiger partial charge in [-0.15, -0.1) is 0 Å². The van der Waals surface area contributed by atoms with Crippen molar-refractivity contribution in [3.05, 3.63) is 29.3 Å². The van der Waals surface area contributed by atoms with Crippen molar-refractivity contribution in [1.82, 2.24) is 10.2 Å². The summed E-state index contributed by atoms with van der Waals surface area (Å²) in [5.74, 6) is -0.599. The number of halogens is 4. The van der Waals surface area contributed by atoms with Gasteiger partial charge in [0.25, 0.3) is 0 Å². The molecule has 8 heteroatoms. The van der Waals surface area contributed by atoms with Crippen LogP contribution in [0.5, 0.6) is 0 Å². The summed E-state index contributed by atoms with van der Waals surface area (Å²) in [6.45, 7) is 2.92. The van der Waals surface area contributed by atoms with E-state index in [-0.39, 0.29) is 0 Å². The highest BCUT2D eigenvalue weighted by atomic mass is 35.5. The average Bonchev–Trinajstić information content (AvgIpc) is 2.51. The standard InChI is InChI=1S/C15H19ClF3N3O/c1-11(14(23)20-10-15(17,18)19)21-5-7-22(8-6-21)13-4-2-3-12(16)9-13/h2-4,9,11H,5-8,10H2,1H3,(H,20,23). The van der Waals surface area contributed by atoms with Gasteiger partial charge in [-0.25, -0.2) is 0 Å². The number of hydrogen-bond acceptors (Lipinski definition) is 3. The second-order valence-corrected chi connectivity index (χ2v) is 5.95. The molecule has 0 bridgehead atoms. The molecule has 2 rings (SSSR count). The van der Waals surface area contributed by atoms with Gasteiger partial charge < -0.3 is 10.2 Å². The molecule has 0 spiro atoms. The van der Waals surface area contributed by atoms with Gasteiger partial charge in [-0.05, 0) is 25.1 Å². The number of amides is 1. The molecule has 128 valence electrons. The summed E-state index contributed by atoms with van der Waals surface area (Å²) in [5.41, 5.74) is 1.01. The predicted molar refractivity (Wildman–Crippen MR) is 83.8 cm³/mol. The molecule has 1 aromatic rings. The van der Waals surface area contributed by atoms with Crippen LogP contribution in [-0.4, -0.2) is 55.7 Å². The van der Waals surface area contributed by atoms with Crippen LogP contribution in [-0.2, 0) is 4.79 Å². The van der Waals surface area contributed by atoms with E-state index in [1.54, 1.807) is 13.0 Å². The minimum Gasteiger partial charge on any atom is -0.369 e. The van der Waals surface area contributed by atoms with Crippen LogP contribution in [0.15, 0.2) is 24.3 Å². The normalized spacial score (nSPS) is 17.9. The first-order valence-electron chi connectivity index (χ1n) is 7.35. The third kappa shape index (κ3) is 5.28. The Balaban J connectivity index is 1.85. The van der Waals surface area contributed by atoms with Crippen LogP contribution in [0.2, 0.25) is 5.02 Å². The molecule has 0 radical (unpaired) electrons. The molecule has 1 saturated heterocycles. The lowest BCUT2D eigenvalue weighted by atomic mass is 10.2. The Labute approximate surface area is 138 Å². The van der Waals surface area contributed by atoms with Crippen LogP contribution >= 0.6 is 11.6 Å². The van der Waals surface area contributed by atoms with Crippen molar-refractivity contribution in [3.63, 3.8) is 0 Å². The molecular weight excluding hydrogens is 331 g/mol. The zero-order chi connectivity index (χ0) is 17.0. The van der Waals surface area contributed by atoms with E-state index in [9.17, 15) is 18.0 Å². The van der Waals surface area contributed by atoms with Crippen LogP contribution in [0.1, 0.15) is 6.92 Å². The molecule has 1 unspecified atom stereocenters. The quantitative estimate of drug-likeness (QED) is 0.907. The van der Waals surface area contributed by atoms with E-state index < -0.39 is 24.7 Å². The first kappa shape index (κ1) is 17.9. The number of hydrogen-bond donors (Lipinski definition) is 1. The second-order valence-electron chi connectivity index (χ2n) is 5.51. The summed E-state index contributed by atoms with van der Waals surface area (Å²) in [5, 5.41) is 2.59. The zero-order valence-electron chi connectivity index (χ0n) is 12.7. The largest absolute Gasteiger partial charge is 0.405 e. The molecule has 1 fully saturated rings. The fourth-order valence-electron chi connectivity index (χ4n) is 2.54. The first-order valence-corrected chi connectivity index (χ1v) is 7.73. The number of benzene rings is 1. The summed E-state index contributed by atoms with van der Waals surface area (Å²) < 4.78 is 36.4. The van der Waals surface area contributed by atoms with E-state index in [1.165, 1.54) is 0 Å². The van der Waals surface area contributed by atoms with Crippen LogP contribution in [0.4, 0.5) is 18.9 Å². The zero-order valence-corrected chi connectivity index (χ0v) is 13.5. The van der Waals surface area contributed by atoms with Gasteiger partial charge in [-0.2, -0.15) is 13.2 Å². The third-order valence-electron chi connectivity index (χ3n) is 3.88. The topological polar surface area (TPSA) is 35.6 Å². The predicted octanol–water partition coefficient (Wildman–Crippen LogP) is 2.53. The molecule has 0 saturated carbocycles. The van der Waals surface area contributed by atoms with Gasteiger partial charge in [0.2, 0.25) is 5.91 Å². The van der Waals surface area contributed by atoms with Gasteiger partial charge in [0.05, 0.1) is 6.04 Å². The number of anilines is 1. The highest BCUT2D eigenvalue weighted by Crippen LogP contribution is 2.21. The summed E-state index contributed by atoms with van der Waals surface area (Å²) in [6.07, 6.45) is -4.39. The van der Waals surface area contributed by atoms with Crippen LogP contribution in [0.25, 0.3) is 0 Å². The SMILES string of the molecule is CC(C(=O)NCC(F)(F)F)N1CCN(c2cccc(Cl)c2)CC1. The summed E-state index contributed by atoms with van der Waals surface area (Å²) in [4.78, 5) is 15.8. The maximum atomic E-state index is 12.1. The van der Waals surface area contributed by atoms with Gasteiger partial charge in [-0.1, -0.05) is 17.7 Å². The Hall–Kier alpha value is -1.47. The average molecular weight is 350 g/mol. The number of nitrogens with one attached hydrogen (secondary N) is 1. The molecule has 1 aromatic carbocycles. The van der Waals surface area contributed by atoms with Crippen molar-refractivity contribution < 1.29 is 18.0 Å². The Morgan fingerprint density at radius 1 is 1.30 bits per heavy atom. The molecular formula is C15H19ClF3N3O. The second kappa shape index (κ2) is 7.40. The van der Waals surface area contributed by atoms with E-state index in [1.807, 2.05) is 28.4 Å². The molecule has 1 atom stereocenters. The van der Waals surface area contributed by atoms with Crippen LogP contribution < -0.4 is 10.2 Å². The first-order chi connectivity index (χ1) is 10.8. The molecule has 0 aromatic heterocycles. The van der Waals surface area contributed by atoms with Crippen molar-refractivity contribution in [2.75, 3.05) is 37.6 Å². The highest BCUT2D eigenvalue weighted by Gasteiger charge is 2.31. The van der Waals surface area contributed by atoms with Gasteiger partial charge in [-0.3, -0.25) is 9.69 Å². The van der Waals surface area contributed by atoms with Gasteiger partial charge in [0.15, 0.2) is 0 Å². The number of carbonyl (C=O) groups is 1. The Kier molecular flexibility index (Phi) is 5.75. The molecule has 1 amide bonds. The summed E-state index contributed by atoms with van der Waals surface area (Å²) in [6, 6.07) is 6.92. The maximum Gasteiger partial charge on any atom is 0.405 e. The van der Waals surface area contributed by atoms with Gasteiger partial charge in [0.1, 0.15) is 6.54 Å². The van der Waals surface area contributed by atoms with Gasteiger partial charge >= 0.3 is 6.18 Å². The van der Waals surface area contributed by atoms with E-state index in [0.29, 0.717) is 31.2 Å². The minimum atomic E-state index is -4.39. The number of alkyl halides is 3. The van der Waals surface area contributed by atoms with Crippen LogP contribution in [0.3, 0.4) is 0 Å². The highest BCUT2D eigenvalue weighted by molar-refractivity contribution is 6.30. The van der Waals surface area contributed by atoms with Crippen molar-refractivity contribution in [2.45, 2.75) is 19.1 Å². The fourth-order valence-corrected chi connectivity index (χ4v) is 2.73. The molecule has 1 aliphatic heterocycles. The van der Waals surface area contributed by atoms with E-state index >= 15 is 0 Å². The van der Waals surface area contributed by atoms with Crippen molar-refractivity contribution >= 4 is 23.2 Å². The van der Waals surface area contributed by atoms with Crippen molar-refractivity contribution in [1.29, 1.82) is 0 Å². The van der Waals surface area contributed by atoms with E-state index in [4.69, 9.17) is 11.6 Å². The smallest absolute Gasteiger partial charge is 0.369 e. The monoisotopic (exact) mass is 349 g/mol. The number of nitrogens with zero attached hydrogens (tertiary/aromatic N) is 2. The molecule has 1 aliphatic rings. The Bertz CT molecular complexity index is 545. The summed E-state index contributed by atoms with van der Waals surface area (Å²) in [7, 11) is 0. The molecule has 1 heterocycles. The maximum absolute atomic E-state index is 12.1. The Morgan fingerprint density at radius 2 is 1.96 bits per heavy atom. The molecule has 0 aliphatic carbocycles. The lowest BCUT2D eigenvalue weighted by Crippen LogP contribution is -2.54. The van der Waals surface area contributed by atoms with Crippen molar-refractivity contribution in [2.24, 2.45) is 0 Å². The molecule has 23 heavy (non-hydrogen) atoms. The minimum absolute atomic E-state index is 0.584. The Morgan fingerprint density at radius 3 is 2.52 bits per heavy atom. The van der Waals surface area contributed by atoms with Gasteiger partial charge in [0, 0.05) is 36.9 Å². The fraction of sp³-hybridized carbons (Fsp3) is 0.533. The summed E-state index contributed by atoms with van der Waals surface area (Å²) >= 11 is 5.97. The molecule has 1 N–H and O–H groups in total.